The van der Waals surface area contributed by atoms with Crippen LogP contribution in [0.1, 0.15) is 42.9 Å². The Hall–Kier alpha value is -2.23. The Morgan fingerprint density at radius 2 is 1.76 bits per heavy atom. The number of fused-ring (bicyclic) bond motifs is 1. The minimum atomic E-state index is -1.02. The zero-order chi connectivity index (χ0) is 18.1. The second-order valence-corrected chi connectivity index (χ2v) is 6.95. The van der Waals surface area contributed by atoms with E-state index >= 15 is 0 Å². The Bertz CT molecular complexity index is 915. The van der Waals surface area contributed by atoms with Crippen LogP contribution in [0.15, 0.2) is 48.7 Å². The van der Waals surface area contributed by atoms with E-state index in [9.17, 15) is 5.11 Å². The molecule has 2 aromatic carbocycles. The molecule has 3 heteroatoms. The molecule has 0 saturated carbocycles. The summed E-state index contributed by atoms with van der Waals surface area (Å²) in [5, 5.41) is 12.7. The molecule has 3 rings (SSSR count). The van der Waals surface area contributed by atoms with Gasteiger partial charge in [-0.2, -0.15) is 0 Å². The topological polar surface area (TPSA) is 33.3 Å². The number of pyridine rings is 1. The second-order valence-electron chi connectivity index (χ2n) is 6.95. The van der Waals surface area contributed by atoms with Gasteiger partial charge in [0, 0.05) is 13.2 Å². The van der Waals surface area contributed by atoms with Gasteiger partial charge in [-0.3, -0.25) is 0 Å². The predicted octanol–water partition coefficient (Wildman–Crippen LogP) is 4.63. The highest BCUT2D eigenvalue weighted by Crippen LogP contribution is 2.31. The lowest BCUT2D eigenvalue weighted by atomic mass is 9.95. The number of aryl methyl sites for hydroxylation is 2. The van der Waals surface area contributed by atoms with Crippen LogP contribution in [0.3, 0.4) is 0 Å². The number of hydrogen-bond donors (Lipinski definition) is 1. The number of ether oxygens (including phenoxy) is 1. The van der Waals surface area contributed by atoms with Crippen LogP contribution in [0, 0.1) is 13.8 Å². The molecular formula is C22H26NO2+. The minimum absolute atomic E-state index is 0.477. The molecule has 25 heavy (non-hydrogen) atoms. The molecule has 0 bridgehead atoms. The average molecular weight is 336 g/mol. The molecular weight excluding hydrogens is 310 g/mol. The summed E-state index contributed by atoms with van der Waals surface area (Å²) in [7, 11) is 1.51. The molecule has 0 aliphatic rings. The van der Waals surface area contributed by atoms with E-state index in [2.05, 4.69) is 64.1 Å². The molecule has 1 atom stereocenters. The summed E-state index contributed by atoms with van der Waals surface area (Å²) in [4.78, 5) is 0. The summed E-state index contributed by atoms with van der Waals surface area (Å²) in [6.07, 6.45) is 0.877. The van der Waals surface area contributed by atoms with E-state index in [1.165, 1.54) is 29.2 Å². The van der Waals surface area contributed by atoms with Crippen LogP contribution in [-0.4, -0.2) is 12.2 Å². The van der Waals surface area contributed by atoms with Crippen LogP contribution >= 0.6 is 0 Å². The van der Waals surface area contributed by atoms with Gasteiger partial charge in [-0.15, -0.1) is 4.57 Å². The monoisotopic (exact) mass is 336 g/mol. The highest BCUT2D eigenvalue weighted by molar-refractivity contribution is 5.94. The predicted molar refractivity (Wildman–Crippen MR) is 101 cm³/mol. The number of hydrogen-bond acceptors (Lipinski definition) is 2. The van der Waals surface area contributed by atoms with E-state index in [4.69, 9.17) is 4.74 Å². The van der Waals surface area contributed by atoms with Gasteiger partial charge in [0.15, 0.2) is 6.20 Å². The molecule has 1 N–H and O–H groups in total. The summed E-state index contributed by atoms with van der Waals surface area (Å²) in [6, 6.07) is 15.0. The molecule has 0 saturated heterocycles. The van der Waals surface area contributed by atoms with Gasteiger partial charge < -0.3 is 9.84 Å². The Morgan fingerprint density at radius 1 is 1.00 bits per heavy atom. The molecule has 1 heterocycles. The highest BCUT2D eigenvalue weighted by Gasteiger charge is 2.25. The Kier molecular flexibility index (Phi) is 4.89. The number of benzene rings is 2. The first-order chi connectivity index (χ1) is 11.9. The molecule has 0 aliphatic carbocycles. The summed E-state index contributed by atoms with van der Waals surface area (Å²) in [5.74, 6) is 0.477. The van der Waals surface area contributed by atoms with Crippen molar-refractivity contribution in [3.63, 3.8) is 0 Å². The SMILES string of the molecule is CO[C@H](O)[n+]1ccc2cc(C(C)C)ccc2c1-c1cc(C)ccc1C. The third kappa shape index (κ3) is 3.30. The Morgan fingerprint density at radius 3 is 2.44 bits per heavy atom. The number of aromatic nitrogens is 1. The van der Waals surface area contributed by atoms with Crippen molar-refractivity contribution in [2.75, 3.05) is 7.11 Å². The highest BCUT2D eigenvalue weighted by atomic mass is 16.6. The fraction of sp³-hybridized carbons (Fsp3) is 0.318. The van der Waals surface area contributed by atoms with Crippen LogP contribution in [0.25, 0.3) is 22.0 Å². The van der Waals surface area contributed by atoms with Crippen molar-refractivity contribution in [1.29, 1.82) is 0 Å². The average Bonchev–Trinajstić information content (AvgIpc) is 2.61. The number of nitrogens with zero attached hydrogens (tertiary/aromatic N) is 1. The lowest BCUT2D eigenvalue weighted by Gasteiger charge is -2.14. The fourth-order valence-electron chi connectivity index (χ4n) is 3.24. The van der Waals surface area contributed by atoms with Gasteiger partial charge in [-0.25, -0.2) is 0 Å². The van der Waals surface area contributed by atoms with Gasteiger partial charge >= 0.3 is 6.41 Å². The third-order valence-electron chi connectivity index (χ3n) is 4.77. The molecule has 130 valence electrons. The van der Waals surface area contributed by atoms with Crippen LogP contribution in [0.2, 0.25) is 0 Å². The molecule has 0 amide bonds. The molecule has 0 aliphatic heterocycles. The van der Waals surface area contributed by atoms with Crippen LogP contribution in [-0.2, 0) is 4.74 Å². The van der Waals surface area contributed by atoms with Gasteiger partial charge in [0.1, 0.15) is 0 Å². The fourth-order valence-corrected chi connectivity index (χ4v) is 3.24. The minimum Gasteiger partial charge on any atom is -0.313 e. The number of rotatable bonds is 4. The number of aliphatic hydroxyl groups is 1. The summed E-state index contributed by atoms with van der Waals surface area (Å²) >= 11 is 0. The normalized spacial score (nSPS) is 12.8. The van der Waals surface area contributed by atoms with E-state index in [1.54, 1.807) is 4.57 Å². The zero-order valence-corrected chi connectivity index (χ0v) is 15.6. The molecule has 3 aromatic rings. The van der Waals surface area contributed by atoms with Crippen molar-refractivity contribution in [3.05, 3.63) is 65.4 Å². The zero-order valence-electron chi connectivity index (χ0n) is 15.6. The maximum absolute atomic E-state index is 10.4. The van der Waals surface area contributed by atoms with E-state index in [-0.39, 0.29) is 0 Å². The van der Waals surface area contributed by atoms with Crippen molar-refractivity contribution in [3.8, 4) is 11.3 Å². The number of methoxy groups -OCH3 is 1. The van der Waals surface area contributed by atoms with Crippen LogP contribution in [0.5, 0.6) is 0 Å². The van der Waals surface area contributed by atoms with Crippen molar-refractivity contribution in [2.24, 2.45) is 0 Å². The van der Waals surface area contributed by atoms with Crippen molar-refractivity contribution < 1.29 is 14.4 Å². The quantitative estimate of drug-likeness (QED) is 0.557. The van der Waals surface area contributed by atoms with E-state index in [1.807, 2.05) is 12.3 Å². The summed E-state index contributed by atoms with van der Waals surface area (Å²) in [5.41, 5.74) is 5.75. The molecule has 1 aromatic heterocycles. The molecule has 0 unspecified atom stereocenters. The maximum atomic E-state index is 10.4. The summed E-state index contributed by atoms with van der Waals surface area (Å²) in [6.45, 7) is 8.58. The van der Waals surface area contributed by atoms with Gasteiger partial charge in [0.2, 0.25) is 5.69 Å². The largest absolute Gasteiger partial charge is 0.378 e. The molecule has 0 fully saturated rings. The lowest BCUT2D eigenvalue weighted by Crippen LogP contribution is -2.42. The maximum Gasteiger partial charge on any atom is 0.378 e. The molecule has 3 nitrogen and oxygen atoms in total. The third-order valence-corrected chi connectivity index (χ3v) is 4.77. The summed E-state index contributed by atoms with van der Waals surface area (Å²) < 4.78 is 6.99. The van der Waals surface area contributed by atoms with Crippen molar-refractivity contribution >= 4 is 10.8 Å². The van der Waals surface area contributed by atoms with Gasteiger partial charge in [0.25, 0.3) is 0 Å². The first-order valence-corrected chi connectivity index (χ1v) is 8.68. The van der Waals surface area contributed by atoms with Gasteiger partial charge in [-0.1, -0.05) is 43.7 Å². The number of aliphatic hydroxyl groups excluding tert-OH is 1. The van der Waals surface area contributed by atoms with Crippen molar-refractivity contribution in [2.45, 2.75) is 40.0 Å². The van der Waals surface area contributed by atoms with E-state index in [0.29, 0.717) is 5.92 Å². The van der Waals surface area contributed by atoms with E-state index < -0.39 is 6.41 Å². The van der Waals surface area contributed by atoms with Crippen LogP contribution < -0.4 is 4.57 Å². The molecule has 0 radical (unpaired) electrons. The standard InChI is InChI=1S/C22H26NO2/c1-14(2)17-8-9-19-18(13-17)10-11-23(22(24)25-5)21(19)20-12-15(3)6-7-16(20)4/h6-14,22,24H,1-5H3/q+1/t22-/m0/s1. The second kappa shape index (κ2) is 6.95. The smallest absolute Gasteiger partial charge is 0.313 e. The van der Waals surface area contributed by atoms with Crippen LogP contribution in [0.4, 0.5) is 0 Å². The molecule has 0 spiro atoms. The first-order valence-electron chi connectivity index (χ1n) is 8.68. The van der Waals surface area contributed by atoms with Gasteiger partial charge in [0.05, 0.1) is 10.9 Å². The van der Waals surface area contributed by atoms with Crippen molar-refractivity contribution in [1.82, 2.24) is 0 Å². The lowest BCUT2D eigenvalue weighted by molar-refractivity contribution is -0.791. The van der Waals surface area contributed by atoms with Gasteiger partial charge in [-0.05, 0) is 48.4 Å². The van der Waals surface area contributed by atoms with E-state index in [0.717, 1.165) is 16.6 Å². The Labute approximate surface area is 149 Å². The Balaban J connectivity index is 2.37. The first kappa shape index (κ1) is 17.6.